The summed E-state index contributed by atoms with van der Waals surface area (Å²) in [7, 11) is 0. The number of hydrogen-bond acceptors (Lipinski definition) is 4. The highest BCUT2D eigenvalue weighted by Gasteiger charge is 2.28. The minimum Gasteiger partial charge on any atom is -0.360 e. The van der Waals surface area contributed by atoms with Gasteiger partial charge in [-0.1, -0.05) is 11.2 Å². The lowest BCUT2D eigenvalue weighted by atomic mass is 10.2. The zero-order valence-corrected chi connectivity index (χ0v) is 10.1. The van der Waals surface area contributed by atoms with Gasteiger partial charge in [-0.25, -0.2) is 0 Å². The number of anilines is 1. The third-order valence-corrected chi connectivity index (χ3v) is 2.99. The fourth-order valence-electron chi connectivity index (χ4n) is 1.82. The molecule has 1 amide bonds. The number of carbonyl (C=O) groups is 1. The zero-order chi connectivity index (χ0) is 13.2. The van der Waals surface area contributed by atoms with E-state index in [1.807, 2.05) is 6.07 Å². The summed E-state index contributed by atoms with van der Waals surface area (Å²) in [4.78, 5) is 12.0. The minimum atomic E-state index is -0.328. The molecule has 1 aromatic carbocycles. The van der Waals surface area contributed by atoms with E-state index in [1.54, 1.807) is 30.3 Å². The minimum absolute atomic E-state index is 0.268. The van der Waals surface area contributed by atoms with E-state index in [1.165, 1.54) is 0 Å². The number of amides is 1. The van der Waals surface area contributed by atoms with Crippen molar-refractivity contribution in [2.24, 2.45) is 0 Å². The number of rotatable bonds is 3. The molecule has 19 heavy (non-hydrogen) atoms. The van der Waals surface area contributed by atoms with Crippen LogP contribution in [0.3, 0.4) is 0 Å². The molecular formula is C14H11N3O2. The average molecular weight is 253 g/mol. The van der Waals surface area contributed by atoms with Crippen LogP contribution < -0.4 is 5.32 Å². The summed E-state index contributed by atoms with van der Waals surface area (Å²) in [6, 6.07) is 10.4. The second kappa shape index (κ2) is 4.58. The van der Waals surface area contributed by atoms with Crippen molar-refractivity contribution in [3.8, 4) is 6.07 Å². The zero-order valence-electron chi connectivity index (χ0n) is 10.1. The van der Waals surface area contributed by atoms with Gasteiger partial charge in [-0.15, -0.1) is 0 Å². The maximum Gasteiger partial charge on any atom is 0.277 e. The molecule has 1 aromatic heterocycles. The Morgan fingerprint density at radius 1 is 1.42 bits per heavy atom. The smallest absolute Gasteiger partial charge is 0.277 e. The highest BCUT2D eigenvalue weighted by Crippen LogP contribution is 2.40. The Balaban J connectivity index is 1.74. The van der Waals surface area contributed by atoms with Crippen molar-refractivity contribution >= 4 is 11.6 Å². The van der Waals surface area contributed by atoms with Gasteiger partial charge in [0.1, 0.15) is 5.76 Å². The Kier molecular flexibility index (Phi) is 2.76. The summed E-state index contributed by atoms with van der Waals surface area (Å²) in [5.74, 6) is 0.873. The average Bonchev–Trinajstić information content (AvgIpc) is 3.16. The van der Waals surface area contributed by atoms with Crippen molar-refractivity contribution in [1.82, 2.24) is 5.16 Å². The maximum atomic E-state index is 12.0. The Hall–Kier alpha value is -2.61. The molecule has 94 valence electrons. The molecule has 2 aromatic rings. The van der Waals surface area contributed by atoms with Crippen molar-refractivity contribution in [3.63, 3.8) is 0 Å². The summed E-state index contributed by atoms with van der Waals surface area (Å²) in [6.45, 7) is 0. The predicted molar refractivity (Wildman–Crippen MR) is 67.6 cm³/mol. The molecule has 1 aliphatic rings. The van der Waals surface area contributed by atoms with Gasteiger partial charge >= 0.3 is 0 Å². The van der Waals surface area contributed by atoms with Crippen LogP contribution in [0.1, 0.15) is 40.6 Å². The number of nitriles is 1. The fraction of sp³-hybridized carbons (Fsp3) is 0.214. The number of aromatic nitrogens is 1. The lowest BCUT2D eigenvalue weighted by Gasteiger charge is -2.02. The molecule has 0 aliphatic heterocycles. The fourth-order valence-corrected chi connectivity index (χ4v) is 1.82. The highest BCUT2D eigenvalue weighted by molar-refractivity contribution is 6.02. The first kappa shape index (κ1) is 11.5. The van der Waals surface area contributed by atoms with Crippen LogP contribution in [0.4, 0.5) is 5.69 Å². The molecule has 0 atom stereocenters. The van der Waals surface area contributed by atoms with Crippen LogP contribution in [0.2, 0.25) is 0 Å². The third kappa shape index (κ3) is 2.47. The van der Waals surface area contributed by atoms with Crippen molar-refractivity contribution in [3.05, 3.63) is 47.3 Å². The molecule has 0 unspecified atom stereocenters. The topological polar surface area (TPSA) is 78.9 Å². The number of benzene rings is 1. The van der Waals surface area contributed by atoms with Gasteiger partial charge in [-0.2, -0.15) is 5.26 Å². The summed E-state index contributed by atoms with van der Waals surface area (Å²) in [5.41, 5.74) is 1.33. The summed E-state index contributed by atoms with van der Waals surface area (Å²) >= 11 is 0. The number of nitrogens with zero attached hydrogens (tertiary/aromatic N) is 2. The molecule has 0 saturated heterocycles. The molecule has 0 spiro atoms. The molecule has 5 nitrogen and oxygen atoms in total. The van der Waals surface area contributed by atoms with E-state index in [-0.39, 0.29) is 11.6 Å². The Morgan fingerprint density at radius 2 is 2.26 bits per heavy atom. The summed E-state index contributed by atoms with van der Waals surface area (Å²) < 4.78 is 5.13. The second-order valence-electron chi connectivity index (χ2n) is 4.54. The van der Waals surface area contributed by atoms with Crippen molar-refractivity contribution < 1.29 is 9.32 Å². The third-order valence-electron chi connectivity index (χ3n) is 2.99. The summed E-state index contributed by atoms with van der Waals surface area (Å²) in [5, 5.41) is 15.3. The van der Waals surface area contributed by atoms with Crippen LogP contribution in [0.25, 0.3) is 0 Å². The molecule has 1 aliphatic carbocycles. The summed E-state index contributed by atoms with van der Waals surface area (Å²) in [6.07, 6.45) is 2.20. The SMILES string of the molecule is N#Cc1cccc(NC(=O)c2cc(C3CC3)on2)c1. The molecular weight excluding hydrogens is 242 g/mol. The first-order chi connectivity index (χ1) is 9.26. The van der Waals surface area contributed by atoms with Gasteiger partial charge in [-0.05, 0) is 31.0 Å². The van der Waals surface area contributed by atoms with Crippen molar-refractivity contribution in [2.75, 3.05) is 5.32 Å². The van der Waals surface area contributed by atoms with Crippen LogP contribution in [-0.2, 0) is 0 Å². The molecule has 1 fully saturated rings. The van der Waals surface area contributed by atoms with Gasteiger partial charge in [0.25, 0.3) is 5.91 Å². The highest BCUT2D eigenvalue weighted by atomic mass is 16.5. The molecule has 5 heteroatoms. The number of hydrogen-bond donors (Lipinski definition) is 1. The van der Waals surface area contributed by atoms with Gasteiger partial charge < -0.3 is 9.84 Å². The predicted octanol–water partition coefficient (Wildman–Crippen LogP) is 2.68. The Morgan fingerprint density at radius 3 is 3.00 bits per heavy atom. The molecule has 0 bridgehead atoms. The first-order valence-electron chi connectivity index (χ1n) is 6.04. The quantitative estimate of drug-likeness (QED) is 0.912. The van der Waals surface area contributed by atoms with E-state index in [4.69, 9.17) is 9.78 Å². The normalized spacial score (nSPS) is 13.8. The van der Waals surface area contributed by atoms with E-state index in [2.05, 4.69) is 10.5 Å². The number of carbonyl (C=O) groups excluding carboxylic acids is 1. The van der Waals surface area contributed by atoms with Crippen LogP contribution in [0.5, 0.6) is 0 Å². The Labute approximate surface area is 109 Å². The van der Waals surface area contributed by atoms with Gasteiger partial charge in [0.2, 0.25) is 0 Å². The van der Waals surface area contributed by atoms with Crippen molar-refractivity contribution in [2.45, 2.75) is 18.8 Å². The maximum absolute atomic E-state index is 12.0. The van der Waals surface area contributed by atoms with Crippen LogP contribution in [0, 0.1) is 11.3 Å². The largest absolute Gasteiger partial charge is 0.360 e. The van der Waals surface area contributed by atoms with Gasteiger partial charge in [0.15, 0.2) is 5.69 Å². The van der Waals surface area contributed by atoms with E-state index < -0.39 is 0 Å². The molecule has 1 heterocycles. The van der Waals surface area contributed by atoms with E-state index in [9.17, 15) is 4.79 Å². The van der Waals surface area contributed by atoms with Gasteiger partial charge in [0.05, 0.1) is 11.6 Å². The monoisotopic (exact) mass is 253 g/mol. The Bertz CT molecular complexity index is 665. The van der Waals surface area contributed by atoms with Gasteiger partial charge in [-0.3, -0.25) is 4.79 Å². The van der Waals surface area contributed by atoms with Crippen molar-refractivity contribution in [1.29, 1.82) is 5.26 Å². The standard InChI is InChI=1S/C14H11N3O2/c15-8-9-2-1-3-11(6-9)16-14(18)12-7-13(19-17-12)10-4-5-10/h1-3,6-7,10H,4-5H2,(H,16,18). The van der Waals surface area contributed by atoms with Crippen LogP contribution >= 0.6 is 0 Å². The molecule has 1 N–H and O–H groups in total. The first-order valence-corrected chi connectivity index (χ1v) is 6.04. The van der Waals surface area contributed by atoms with Crippen LogP contribution in [-0.4, -0.2) is 11.1 Å². The number of nitrogens with one attached hydrogen (secondary N) is 1. The molecule has 0 radical (unpaired) electrons. The van der Waals surface area contributed by atoms with Crippen LogP contribution in [0.15, 0.2) is 34.9 Å². The lowest BCUT2D eigenvalue weighted by Crippen LogP contribution is -2.12. The molecule has 3 rings (SSSR count). The van der Waals surface area contributed by atoms with E-state index in [0.29, 0.717) is 17.2 Å². The van der Waals surface area contributed by atoms with E-state index >= 15 is 0 Å². The van der Waals surface area contributed by atoms with E-state index in [0.717, 1.165) is 18.6 Å². The second-order valence-corrected chi connectivity index (χ2v) is 4.54. The molecule has 1 saturated carbocycles. The van der Waals surface area contributed by atoms with Gasteiger partial charge in [0, 0.05) is 17.7 Å². The lowest BCUT2D eigenvalue weighted by molar-refractivity contribution is 0.101.